The van der Waals surface area contributed by atoms with Crippen LogP contribution in [0.3, 0.4) is 0 Å². The zero-order chi connectivity index (χ0) is 15.1. The maximum absolute atomic E-state index is 12.2. The summed E-state index contributed by atoms with van der Waals surface area (Å²) in [6.45, 7) is 3.94. The first-order chi connectivity index (χ1) is 9.40. The van der Waals surface area contributed by atoms with Gasteiger partial charge in [0.2, 0.25) is 0 Å². The van der Waals surface area contributed by atoms with Crippen LogP contribution in [0.1, 0.15) is 46.0 Å². The lowest BCUT2D eigenvalue weighted by Gasteiger charge is -2.28. The molecule has 6 heteroatoms. The Kier molecular flexibility index (Phi) is 6.78. The highest BCUT2D eigenvalue weighted by Gasteiger charge is 2.26. The molecule has 0 aromatic carbocycles. The van der Waals surface area contributed by atoms with Crippen molar-refractivity contribution in [3.05, 3.63) is 0 Å². The molecule has 0 bridgehead atoms. The van der Waals surface area contributed by atoms with Gasteiger partial charge in [0.25, 0.3) is 0 Å². The lowest BCUT2D eigenvalue weighted by atomic mass is 10.1. The predicted molar refractivity (Wildman–Crippen MR) is 75.5 cm³/mol. The molecule has 2 unspecified atom stereocenters. The number of nitrogens with zero attached hydrogens (tertiary/aromatic N) is 1. The molecule has 2 amide bonds. The minimum absolute atomic E-state index is 0.194. The minimum atomic E-state index is -1.03. The third kappa shape index (κ3) is 5.77. The van der Waals surface area contributed by atoms with E-state index in [0.29, 0.717) is 13.0 Å². The molecule has 20 heavy (non-hydrogen) atoms. The number of hydrogen-bond acceptors (Lipinski definition) is 3. The second kappa shape index (κ2) is 8.09. The second-order valence-corrected chi connectivity index (χ2v) is 5.93. The molecule has 1 aliphatic rings. The molecule has 0 saturated heterocycles. The Hall–Kier alpha value is -1.30. The van der Waals surface area contributed by atoms with E-state index in [1.165, 1.54) is 4.90 Å². The van der Waals surface area contributed by atoms with E-state index in [4.69, 9.17) is 5.11 Å². The molecule has 0 aromatic rings. The molecule has 0 aliphatic heterocycles. The smallest absolute Gasteiger partial charge is 0.323 e. The molecule has 0 heterocycles. The Bertz CT molecular complexity index is 333. The van der Waals surface area contributed by atoms with Crippen molar-refractivity contribution >= 4 is 12.0 Å². The van der Waals surface area contributed by atoms with Crippen LogP contribution in [0.25, 0.3) is 0 Å². The fraction of sp³-hybridized carbons (Fsp3) is 0.857. The first-order valence-electron chi connectivity index (χ1n) is 7.35. The number of carboxylic acid groups (broad SMARTS) is 1. The molecule has 6 nitrogen and oxygen atoms in total. The van der Waals surface area contributed by atoms with Crippen LogP contribution in [0, 0.1) is 5.92 Å². The molecule has 1 rings (SSSR count). The summed E-state index contributed by atoms with van der Waals surface area (Å²) < 4.78 is 0. The number of aliphatic carboxylic acids is 1. The van der Waals surface area contributed by atoms with Crippen LogP contribution in [0.15, 0.2) is 0 Å². The highest BCUT2D eigenvalue weighted by molar-refractivity contribution is 5.80. The number of rotatable bonds is 5. The van der Waals surface area contributed by atoms with Crippen LogP contribution < -0.4 is 5.32 Å². The SMILES string of the molecule is CC(C)CN(CC(=O)O)C(=O)NC1CCCCCC1O. The number of aliphatic hydroxyl groups excluding tert-OH is 1. The van der Waals surface area contributed by atoms with E-state index in [2.05, 4.69) is 5.32 Å². The summed E-state index contributed by atoms with van der Waals surface area (Å²) in [4.78, 5) is 24.3. The van der Waals surface area contributed by atoms with Crippen molar-refractivity contribution in [2.75, 3.05) is 13.1 Å². The van der Waals surface area contributed by atoms with E-state index in [1.54, 1.807) is 0 Å². The van der Waals surface area contributed by atoms with Crippen molar-refractivity contribution in [2.24, 2.45) is 5.92 Å². The van der Waals surface area contributed by atoms with Gasteiger partial charge in [-0.2, -0.15) is 0 Å². The molecular weight excluding hydrogens is 260 g/mol. The van der Waals surface area contributed by atoms with Gasteiger partial charge in [-0.25, -0.2) is 4.79 Å². The summed E-state index contributed by atoms with van der Waals surface area (Å²) in [6, 6.07) is -0.666. The second-order valence-electron chi connectivity index (χ2n) is 5.93. The number of carbonyl (C=O) groups is 2. The summed E-state index contributed by atoms with van der Waals surface area (Å²) >= 11 is 0. The van der Waals surface area contributed by atoms with Gasteiger partial charge in [0, 0.05) is 6.54 Å². The zero-order valence-electron chi connectivity index (χ0n) is 12.3. The van der Waals surface area contributed by atoms with Gasteiger partial charge in [-0.05, 0) is 18.8 Å². The standard InChI is InChI=1S/C14H26N2O4/c1-10(2)8-16(9-13(18)19)14(20)15-11-6-4-3-5-7-12(11)17/h10-12,17H,3-9H2,1-2H3,(H,15,20)(H,18,19). The molecule has 3 N–H and O–H groups in total. The maximum atomic E-state index is 12.2. The Labute approximate surface area is 120 Å². The number of carbonyl (C=O) groups excluding carboxylic acids is 1. The summed E-state index contributed by atoms with van der Waals surface area (Å²) in [6.07, 6.45) is 3.91. The number of aliphatic hydroxyl groups is 1. The highest BCUT2D eigenvalue weighted by atomic mass is 16.4. The van der Waals surface area contributed by atoms with Gasteiger partial charge in [0.15, 0.2) is 0 Å². The van der Waals surface area contributed by atoms with Crippen LogP contribution >= 0.6 is 0 Å². The van der Waals surface area contributed by atoms with E-state index in [0.717, 1.165) is 25.7 Å². The monoisotopic (exact) mass is 286 g/mol. The van der Waals surface area contributed by atoms with Crippen LogP contribution in [0.5, 0.6) is 0 Å². The van der Waals surface area contributed by atoms with Crippen LogP contribution in [-0.2, 0) is 4.79 Å². The maximum Gasteiger partial charge on any atom is 0.323 e. The summed E-state index contributed by atoms with van der Waals surface area (Å²) in [7, 11) is 0. The molecule has 1 aliphatic carbocycles. The Morgan fingerprint density at radius 2 is 1.90 bits per heavy atom. The lowest BCUT2D eigenvalue weighted by molar-refractivity contribution is -0.137. The summed E-state index contributed by atoms with van der Waals surface area (Å²) in [5.41, 5.74) is 0. The number of carboxylic acids is 1. The van der Waals surface area contributed by atoms with Crippen molar-refractivity contribution in [3.8, 4) is 0 Å². The van der Waals surface area contributed by atoms with Crippen LogP contribution in [0.4, 0.5) is 4.79 Å². The van der Waals surface area contributed by atoms with Crippen molar-refractivity contribution in [2.45, 2.75) is 58.1 Å². The number of hydrogen-bond donors (Lipinski definition) is 3. The molecule has 2 atom stereocenters. The molecule has 0 spiro atoms. The minimum Gasteiger partial charge on any atom is -0.480 e. The Balaban J connectivity index is 2.61. The van der Waals surface area contributed by atoms with Gasteiger partial charge in [0.1, 0.15) is 6.54 Å². The topological polar surface area (TPSA) is 89.9 Å². The number of urea groups is 1. The quantitative estimate of drug-likeness (QED) is 0.667. The van der Waals surface area contributed by atoms with Crippen molar-refractivity contribution in [1.82, 2.24) is 10.2 Å². The average Bonchev–Trinajstić information content (AvgIpc) is 2.53. The zero-order valence-corrected chi connectivity index (χ0v) is 12.3. The van der Waals surface area contributed by atoms with Gasteiger partial charge < -0.3 is 20.4 Å². The fourth-order valence-corrected chi connectivity index (χ4v) is 2.53. The first kappa shape index (κ1) is 16.8. The van der Waals surface area contributed by atoms with Crippen molar-refractivity contribution < 1.29 is 19.8 Å². The van der Waals surface area contributed by atoms with E-state index < -0.39 is 18.1 Å². The third-order valence-electron chi connectivity index (χ3n) is 3.49. The largest absolute Gasteiger partial charge is 0.480 e. The van der Waals surface area contributed by atoms with Gasteiger partial charge in [-0.1, -0.05) is 33.1 Å². The first-order valence-corrected chi connectivity index (χ1v) is 7.35. The molecule has 0 radical (unpaired) electrons. The number of amides is 2. The van der Waals surface area contributed by atoms with Gasteiger partial charge in [-0.3, -0.25) is 4.79 Å². The third-order valence-corrected chi connectivity index (χ3v) is 3.49. The van der Waals surface area contributed by atoms with Crippen LogP contribution in [0.2, 0.25) is 0 Å². The molecule has 0 aromatic heterocycles. The molecule has 116 valence electrons. The van der Waals surface area contributed by atoms with Crippen molar-refractivity contribution in [3.63, 3.8) is 0 Å². The molecule has 1 saturated carbocycles. The summed E-state index contributed by atoms with van der Waals surface area (Å²) in [5, 5.41) is 21.7. The Morgan fingerprint density at radius 3 is 2.50 bits per heavy atom. The normalized spacial score (nSPS) is 23.2. The number of nitrogens with one attached hydrogen (secondary N) is 1. The Morgan fingerprint density at radius 1 is 1.25 bits per heavy atom. The van der Waals surface area contributed by atoms with Gasteiger partial charge >= 0.3 is 12.0 Å². The van der Waals surface area contributed by atoms with E-state index >= 15 is 0 Å². The molecular formula is C14H26N2O4. The van der Waals surface area contributed by atoms with Gasteiger partial charge in [0.05, 0.1) is 12.1 Å². The predicted octanol–water partition coefficient (Wildman–Crippen LogP) is 1.43. The van der Waals surface area contributed by atoms with E-state index in [1.807, 2.05) is 13.8 Å². The van der Waals surface area contributed by atoms with Crippen molar-refractivity contribution in [1.29, 1.82) is 0 Å². The summed E-state index contributed by atoms with van der Waals surface area (Å²) in [5.74, 6) is -0.832. The van der Waals surface area contributed by atoms with Crippen LogP contribution in [-0.4, -0.2) is 52.3 Å². The van der Waals surface area contributed by atoms with E-state index in [9.17, 15) is 14.7 Å². The lowest BCUT2D eigenvalue weighted by Crippen LogP contribution is -2.51. The van der Waals surface area contributed by atoms with Gasteiger partial charge in [-0.15, -0.1) is 0 Å². The highest BCUT2D eigenvalue weighted by Crippen LogP contribution is 2.18. The average molecular weight is 286 g/mol. The van der Waals surface area contributed by atoms with E-state index in [-0.39, 0.29) is 18.5 Å². The fourth-order valence-electron chi connectivity index (χ4n) is 2.53. The molecule has 1 fully saturated rings.